The number of carbonyl (C=O) groups excluding carboxylic acids is 1. The number of carbonyl (C=O) groups is 1. The zero-order valence-corrected chi connectivity index (χ0v) is 12.3. The maximum Gasteiger partial charge on any atom is 0.256 e. The van der Waals surface area contributed by atoms with Crippen LogP contribution < -0.4 is 5.73 Å². The molecular weight excluding hydrogens is 260 g/mol. The molecule has 1 aliphatic carbocycles. The first-order valence-corrected chi connectivity index (χ1v) is 7.37. The van der Waals surface area contributed by atoms with Gasteiger partial charge in [-0.2, -0.15) is 0 Å². The zero-order valence-electron chi connectivity index (χ0n) is 12.3. The molecule has 21 heavy (non-hydrogen) atoms. The van der Waals surface area contributed by atoms with Crippen LogP contribution in [0.3, 0.4) is 0 Å². The highest BCUT2D eigenvalue weighted by molar-refractivity contribution is 6.00. The Bertz CT molecular complexity index is 648. The largest absolute Gasteiger partial charge is 0.398 e. The molecule has 0 unspecified atom stereocenters. The van der Waals surface area contributed by atoms with Gasteiger partial charge in [0.15, 0.2) is 0 Å². The maximum absolute atomic E-state index is 12.8. The second-order valence-electron chi connectivity index (χ2n) is 5.69. The number of hydrogen-bond donors (Lipinski definition) is 1. The topological polar surface area (TPSA) is 46.3 Å². The standard InChI is InChI=1S/C18H20N2O/c1-13-6-5-9-16(17(13)19)18(21)20(15-10-11-15)12-14-7-3-2-4-8-14/h2-9,15H,10-12,19H2,1H3. The van der Waals surface area contributed by atoms with Gasteiger partial charge in [-0.15, -0.1) is 0 Å². The predicted molar refractivity (Wildman–Crippen MR) is 84.9 cm³/mol. The third kappa shape index (κ3) is 2.92. The number of amides is 1. The van der Waals surface area contributed by atoms with Crippen molar-refractivity contribution in [1.82, 2.24) is 4.90 Å². The number of aryl methyl sites for hydroxylation is 1. The van der Waals surface area contributed by atoms with E-state index in [0.29, 0.717) is 23.8 Å². The molecule has 0 saturated heterocycles. The smallest absolute Gasteiger partial charge is 0.256 e. The first-order chi connectivity index (χ1) is 10.2. The summed E-state index contributed by atoms with van der Waals surface area (Å²) in [5, 5.41) is 0. The molecule has 0 spiro atoms. The number of hydrogen-bond acceptors (Lipinski definition) is 2. The van der Waals surface area contributed by atoms with Crippen molar-refractivity contribution in [2.24, 2.45) is 0 Å². The molecule has 1 fully saturated rings. The summed E-state index contributed by atoms with van der Waals surface area (Å²) in [6.45, 7) is 2.59. The summed E-state index contributed by atoms with van der Waals surface area (Å²) >= 11 is 0. The molecule has 3 nitrogen and oxygen atoms in total. The highest BCUT2D eigenvalue weighted by Crippen LogP contribution is 2.31. The SMILES string of the molecule is Cc1cccc(C(=O)N(Cc2ccccc2)C2CC2)c1N. The number of para-hydroxylation sites is 1. The number of nitrogens with two attached hydrogens (primary N) is 1. The molecule has 0 radical (unpaired) electrons. The van der Waals surface area contributed by atoms with Crippen molar-refractivity contribution in [1.29, 1.82) is 0 Å². The van der Waals surface area contributed by atoms with E-state index in [-0.39, 0.29) is 5.91 Å². The Hall–Kier alpha value is -2.29. The van der Waals surface area contributed by atoms with Gasteiger partial charge in [0.1, 0.15) is 0 Å². The van der Waals surface area contributed by atoms with Crippen LogP contribution in [0.4, 0.5) is 5.69 Å². The summed E-state index contributed by atoms with van der Waals surface area (Å²) in [6.07, 6.45) is 2.18. The lowest BCUT2D eigenvalue weighted by Gasteiger charge is -2.23. The van der Waals surface area contributed by atoms with Gasteiger partial charge in [0.05, 0.1) is 5.56 Å². The van der Waals surface area contributed by atoms with Gasteiger partial charge in [-0.25, -0.2) is 0 Å². The van der Waals surface area contributed by atoms with Crippen LogP contribution in [0.5, 0.6) is 0 Å². The van der Waals surface area contributed by atoms with E-state index in [1.807, 2.05) is 48.2 Å². The summed E-state index contributed by atoms with van der Waals surface area (Å²) in [4.78, 5) is 14.8. The van der Waals surface area contributed by atoms with Gasteiger partial charge in [-0.3, -0.25) is 4.79 Å². The Morgan fingerprint density at radius 3 is 2.52 bits per heavy atom. The van der Waals surface area contributed by atoms with Crippen molar-refractivity contribution in [3.63, 3.8) is 0 Å². The molecule has 3 heteroatoms. The second-order valence-corrected chi connectivity index (χ2v) is 5.69. The molecule has 108 valence electrons. The minimum atomic E-state index is 0.0440. The Balaban J connectivity index is 1.87. The van der Waals surface area contributed by atoms with Gasteiger partial charge in [0.2, 0.25) is 0 Å². The minimum absolute atomic E-state index is 0.0440. The van der Waals surface area contributed by atoms with E-state index in [9.17, 15) is 4.79 Å². The highest BCUT2D eigenvalue weighted by Gasteiger charge is 2.33. The first kappa shape index (κ1) is 13.7. The van der Waals surface area contributed by atoms with Crippen molar-refractivity contribution >= 4 is 11.6 Å². The summed E-state index contributed by atoms with van der Waals surface area (Å²) in [7, 11) is 0. The van der Waals surface area contributed by atoms with E-state index in [0.717, 1.165) is 24.0 Å². The van der Waals surface area contributed by atoms with Crippen LogP contribution in [0.1, 0.15) is 34.3 Å². The zero-order chi connectivity index (χ0) is 14.8. The van der Waals surface area contributed by atoms with Crippen molar-refractivity contribution in [3.8, 4) is 0 Å². The van der Waals surface area contributed by atoms with Gasteiger partial charge in [-0.1, -0.05) is 42.5 Å². The van der Waals surface area contributed by atoms with Crippen LogP contribution in [-0.4, -0.2) is 16.8 Å². The van der Waals surface area contributed by atoms with E-state index >= 15 is 0 Å². The number of rotatable bonds is 4. The highest BCUT2D eigenvalue weighted by atomic mass is 16.2. The average Bonchev–Trinajstić information content (AvgIpc) is 3.33. The van der Waals surface area contributed by atoms with Gasteiger partial charge >= 0.3 is 0 Å². The number of nitrogen functional groups attached to an aromatic ring is 1. The number of benzene rings is 2. The van der Waals surface area contributed by atoms with Crippen LogP contribution in [0.15, 0.2) is 48.5 Å². The quantitative estimate of drug-likeness (QED) is 0.873. The second kappa shape index (κ2) is 5.60. The van der Waals surface area contributed by atoms with Crippen molar-refractivity contribution in [2.45, 2.75) is 32.4 Å². The molecule has 3 rings (SSSR count). The van der Waals surface area contributed by atoms with E-state index in [1.165, 1.54) is 0 Å². The third-order valence-corrected chi connectivity index (χ3v) is 4.00. The lowest BCUT2D eigenvalue weighted by molar-refractivity contribution is 0.0731. The fourth-order valence-electron chi connectivity index (χ4n) is 2.55. The van der Waals surface area contributed by atoms with Crippen LogP contribution in [0.2, 0.25) is 0 Å². The molecular formula is C18H20N2O. The summed E-state index contributed by atoms with van der Waals surface area (Å²) in [5.74, 6) is 0.0440. The fourth-order valence-corrected chi connectivity index (χ4v) is 2.55. The normalized spacial score (nSPS) is 14.0. The molecule has 1 aliphatic rings. The van der Waals surface area contributed by atoms with Gasteiger partial charge in [0, 0.05) is 18.3 Å². The Labute approximate surface area is 125 Å². The number of nitrogens with zero attached hydrogens (tertiary/aromatic N) is 1. The molecule has 2 N–H and O–H groups in total. The molecule has 1 saturated carbocycles. The summed E-state index contributed by atoms with van der Waals surface area (Å²) in [5.41, 5.74) is 9.42. The van der Waals surface area contributed by atoms with E-state index in [1.54, 1.807) is 0 Å². The molecule has 2 aromatic rings. The Kier molecular flexibility index (Phi) is 3.65. The molecule has 0 heterocycles. The Morgan fingerprint density at radius 1 is 1.14 bits per heavy atom. The first-order valence-electron chi connectivity index (χ1n) is 7.37. The lowest BCUT2D eigenvalue weighted by Crippen LogP contribution is -2.33. The van der Waals surface area contributed by atoms with Gasteiger partial charge in [-0.05, 0) is 37.0 Å². The third-order valence-electron chi connectivity index (χ3n) is 4.00. The van der Waals surface area contributed by atoms with Gasteiger partial charge < -0.3 is 10.6 Å². The predicted octanol–water partition coefficient (Wildman–Crippen LogP) is 3.38. The maximum atomic E-state index is 12.8. The van der Waals surface area contributed by atoms with Gasteiger partial charge in [0.25, 0.3) is 5.91 Å². The number of anilines is 1. The minimum Gasteiger partial charge on any atom is -0.398 e. The van der Waals surface area contributed by atoms with Crippen molar-refractivity contribution in [3.05, 3.63) is 65.2 Å². The lowest BCUT2D eigenvalue weighted by atomic mass is 10.1. The molecule has 0 aromatic heterocycles. The summed E-state index contributed by atoms with van der Waals surface area (Å²) in [6, 6.07) is 16.1. The van der Waals surface area contributed by atoms with Crippen LogP contribution >= 0.6 is 0 Å². The van der Waals surface area contributed by atoms with Crippen LogP contribution in [-0.2, 0) is 6.54 Å². The van der Waals surface area contributed by atoms with E-state index in [2.05, 4.69) is 12.1 Å². The molecule has 0 bridgehead atoms. The average molecular weight is 280 g/mol. The molecule has 0 aliphatic heterocycles. The van der Waals surface area contributed by atoms with Crippen molar-refractivity contribution in [2.75, 3.05) is 5.73 Å². The molecule has 0 atom stereocenters. The van der Waals surface area contributed by atoms with Crippen LogP contribution in [0, 0.1) is 6.92 Å². The Morgan fingerprint density at radius 2 is 1.86 bits per heavy atom. The monoisotopic (exact) mass is 280 g/mol. The summed E-state index contributed by atoms with van der Waals surface area (Å²) < 4.78 is 0. The molecule has 1 amide bonds. The fraction of sp³-hybridized carbons (Fsp3) is 0.278. The molecule has 2 aromatic carbocycles. The van der Waals surface area contributed by atoms with E-state index < -0.39 is 0 Å². The van der Waals surface area contributed by atoms with E-state index in [4.69, 9.17) is 5.73 Å². The van der Waals surface area contributed by atoms with Crippen molar-refractivity contribution < 1.29 is 4.79 Å². The van der Waals surface area contributed by atoms with Crippen LogP contribution in [0.25, 0.3) is 0 Å².